The minimum absolute atomic E-state index is 0.0655. The van der Waals surface area contributed by atoms with Gasteiger partial charge in [-0.1, -0.05) is 32.1 Å². The van der Waals surface area contributed by atoms with E-state index in [1.54, 1.807) is 18.7 Å². The number of imidazole rings is 1. The van der Waals surface area contributed by atoms with Gasteiger partial charge < -0.3 is 10.6 Å². The van der Waals surface area contributed by atoms with Crippen LogP contribution in [0.4, 0.5) is 4.79 Å². The zero-order valence-electron chi connectivity index (χ0n) is 14.4. The van der Waals surface area contributed by atoms with E-state index in [9.17, 15) is 4.79 Å². The summed E-state index contributed by atoms with van der Waals surface area (Å²) in [6.07, 6.45) is 15.0. The molecule has 0 aromatic carbocycles. The van der Waals surface area contributed by atoms with Crippen LogP contribution >= 0.6 is 0 Å². The predicted octanol–water partition coefficient (Wildman–Crippen LogP) is 3.04. The van der Waals surface area contributed by atoms with Crippen LogP contribution in [-0.4, -0.2) is 26.6 Å². The Morgan fingerprint density at radius 3 is 2.92 bits per heavy atom. The molecule has 0 bridgehead atoms. The highest BCUT2D eigenvalue weighted by molar-refractivity contribution is 5.74. The molecular formula is C19H25N5O. The second-order valence-corrected chi connectivity index (χ2v) is 7.22. The van der Waals surface area contributed by atoms with Crippen molar-refractivity contribution in [3.63, 3.8) is 0 Å². The number of hydrogen-bond donors (Lipinski definition) is 2. The summed E-state index contributed by atoms with van der Waals surface area (Å²) in [5.41, 5.74) is 1.02. The van der Waals surface area contributed by atoms with E-state index in [-0.39, 0.29) is 6.03 Å². The van der Waals surface area contributed by atoms with Gasteiger partial charge in [-0.3, -0.25) is 4.57 Å². The Morgan fingerprint density at radius 1 is 1.24 bits per heavy atom. The monoisotopic (exact) mass is 339 g/mol. The van der Waals surface area contributed by atoms with E-state index in [2.05, 4.69) is 20.6 Å². The van der Waals surface area contributed by atoms with Crippen LogP contribution in [0.15, 0.2) is 37.1 Å². The molecule has 2 heterocycles. The molecule has 2 N–H and O–H groups in total. The van der Waals surface area contributed by atoms with Crippen LogP contribution in [0, 0.1) is 11.8 Å². The lowest BCUT2D eigenvalue weighted by Gasteiger charge is -2.21. The van der Waals surface area contributed by atoms with Gasteiger partial charge >= 0.3 is 6.03 Å². The molecule has 0 radical (unpaired) electrons. The van der Waals surface area contributed by atoms with Crippen molar-refractivity contribution in [2.45, 2.75) is 51.1 Å². The zero-order chi connectivity index (χ0) is 17.1. The summed E-state index contributed by atoms with van der Waals surface area (Å²) in [6, 6.07) is 4.19. The number of hydrogen-bond acceptors (Lipinski definition) is 3. The maximum atomic E-state index is 12.2. The molecule has 6 nitrogen and oxygen atoms in total. The lowest BCUT2D eigenvalue weighted by molar-refractivity contribution is 0.237. The fraction of sp³-hybridized carbons (Fsp3) is 0.526. The van der Waals surface area contributed by atoms with Crippen LogP contribution in [-0.2, 0) is 6.54 Å². The van der Waals surface area contributed by atoms with Gasteiger partial charge in [0.25, 0.3) is 0 Å². The van der Waals surface area contributed by atoms with Gasteiger partial charge in [0.2, 0.25) is 0 Å². The fourth-order valence-electron chi connectivity index (χ4n) is 3.97. The first kappa shape index (κ1) is 16.1. The highest BCUT2D eigenvalue weighted by atomic mass is 16.2. The van der Waals surface area contributed by atoms with E-state index in [0.717, 1.165) is 23.7 Å². The fourth-order valence-corrected chi connectivity index (χ4v) is 3.97. The molecule has 6 heteroatoms. The Labute approximate surface area is 148 Å². The van der Waals surface area contributed by atoms with Crippen LogP contribution in [0.25, 0.3) is 5.82 Å². The van der Waals surface area contributed by atoms with Crippen molar-refractivity contribution in [1.29, 1.82) is 0 Å². The topological polar surface area (TPSA) is 71.8 Å². The molecule has 4 rings (SSSR count). The highest BCUT2D eigenvalue weighted by Gasteiger charge is 2.43. The molecule has 0 saturated heterocycles. The van der Waals surface area contributed by atoms with Gasteiger partial charge in [-0.15, -0.1) is 0 Å². The molecule has 2 fully saturated rings. The number of urea groups is 1. The van der Waals surface area contributed by atoms with Crippen molar-refractivity contribution in [1.82, 2.24) is 25.2 Å². The van der Waals surface area contributed by atoms with Crippen molar-refractivity contribution >= 4 is 6.03 Å². The van der Waals surface area contributed by atoms with Gasteiger partial charge in [0.05, 0.1) is 0 Å². The number of carbonyl (C=O) groups is 1. The third kappa shape index (κ3) is 4.00. The van der Waals surface area contributed by atoms with E-state index < -0.39 is 0 Å². The van der Waals surface area contributed by atoms with Gasteiger partial charge in [-0.25, -0.2) is 14.8 Å². The summed E-state index contributed by atoms with van der Waals surface area (Å²) < 4.78 is 1.85. The minimum Gasteiger partial charge on any atom is -0.335 e. The first-order chi connectivity index (χ1) is 12.3. The quantitative estimate of drug-likeness (QED) is 0.879. The number of nitrogens with zero attached hydrogens (tertiary/aromatic N) is 3. The Bertz CT molecular complexity index is 708. The minimum atomic E-state index is -0.0655. The lowest BCUT2D eigenvalue weighted by atomic mass is 9.85. The summed E-state index contributed by atoms with van der Waals surface area (Å²) >= 11 is 0. The maximum absolute atomic E-state index is 12.2. The number of aromatic nitrogens is 3. The normalized spacial score (nSPS) is 23.2. The molecule has 2 aromatic heterocycles. The van der Waals surface area contributed by atoms with E-state index in [1.807, 2.05) is 22.9 Å². The van der Waals surface area contributed by atoms with E-state index in [1.165, 1.54) is 32.1 Å². The van der Waals surface area contributed by atoms with E-state index >= 15 is 0 Å². The van der Waals surface area contributed by atoms with Crippen LogP contribution < -0.4 is 10.6 Å². The average Bonchev–Trinajstić information content (AvgIpc) is 3.19. The molecular weight excluding hydrogens is 314 g/mol. The molecule has 0 aliphatic heterocycles. The van der Waals surface area contributed by atoms with Gasteiger partial charge in [-0.05, 0) is 36.0 Å². The molecule has 2 aromatic rings. The van der Waals surface area contributed by atoms with Crippen LogP contribution in [0.1, 0.15) is 44.1 Å². The Hall–Kier alpha value is -2.37. The molecule has 2 aliphatic carbocycles. The maximum Gasteiger partial charge on any atom is 0.315 e. The zero-order valence-corrected chi connectivity index (χ0v) is 14.4. The molecule has 2 atom stereocenters. The molecule has 25 heavy (non-hydrogen) atoms. The summed E-state index contributed by atoms with van der Waals surface area (Å²) in [6.45, 7) is 0.497. The predicted molar refractivity (Wildman–Crippen MR) is 95.2 cm³/mol. The second-order valence-electron chi connectivity index (χ2n) is 7.22. The van der Waals surface area contributed by atoms with Crippen molar-refractivity contribution in [3.05, 3.63) is 42.6 Å². The van der Waals surface area contributed by atoms with Crippen molar-refractivity contribution < 1.29 is 4.79 Å². The number of pyridine rings is 1. The SMILES string of the molecule is O=C(NCc1ccnc(-n2ccnc2)c1)N[C@@H]1C[C@@H]1C1CCCCC1. The number of carbonyl (C=O) groups excluding carboxylic acids is 1. The van der Waals surface area contributed by atoms with Crippen LogP contribution in [0.2, 0.25) is 0 Å². The van der Waals surface area contributed by atoms with Crippen LogP contribution in [0.5, 0.6) is 0 Å². The highest BCUT2D eigenvalue weighted by Crippen LogP contribution is 2.44. The molecule has 2 saturated carbocycles. The number of nitrogens with one attached hydrogen (secondary N) is 2. The standard InChI is InChI=1S/C19H25N5O/c25-19(23-17-11-16(17)15-4-2-1-3-5-15)22-12-14-6-7-21-18(10-14)24-9-8-20-13-24/h6-10,13,15-17H,1-5,11-12H2,(H2,22,23,25)/t16-,17-/m1/s1. The van der Waals surface area contributed by atoms with E-state index in [4.69, 9.17) is 0 Å². The summed E-state index contributed by atoms with van der Waals surface area (Å²) in [5, 5.41) is 6.10. The van der Waals surface area contributed by atoms with Crippen molar-refractivity contribution in [3.8, 4) is 5.82 Å². The first-order valence-corrected chi connectivity index (χ1v) is 9.27. The summed E-state index contributed by atoms with van der Waals surface area (Å²) in [7, 11) is 0. The molecule has 2 aliphatic rings. The molecule has 0 unspecified atom stereocenters. The van der Waals surface area contributed by atoms with Gasteiger partial charge in [0.15, 0.2) is 0 Å². The Balaban J connectivity index is 1.25. The third-order valence-corrected chi connectivity index (χ3v) is 5.44. The summed E-state index contributed by atoms with van der Waals surface area (Å²) in [5.74, 6) is 2.34. The second kappa shape index (κ2) is 7.25. The average molecular weight is 339 g/mol. The Morgan fingerprint density at radius 2 is 2.12 bits per heavy atom. The smallest absolute Gasteiger partial charge is 0.315 e. The molecule has 0 spiro atoms. The van der Waals surface area contributed by atoms with Crippen molar-refractivity contribution in [2.75, 3.05) is 0 Å². The lowest BCUT2D eigenvalue weighted by Crippen LogP contribution is -2.37. The Kier molecular flexibility index (Phi) is 4.68. The van der Waals surface area contributed by atoms with Gasteiger partial charge in [0.1, 0.15) is 12.1 Å². The molecule has 132 valence electrons. The van der Waals surface area contributed by atoms with Crippen LogP contribution in [0.3, 0.4) is 0 Å². The molecule has 2 amide bonds. The first-order valence-electron chi connectivity index (χ1n) is 9.27. The van der Waals surface area contributed by atoms with Gasteiger partial charge in [0, 0.05) is 31.2 Å². The van der Waals surface area contributed by atoms with Gasteiger partial charge in [-0.2, -0.15) is 0 Å². The largest absolute Gasteiger partial charge is 0.335 e. The van der Waals surface area contributed by atoms with Crippen molar-refractivity contribution in [2.24, 2.45) is 11.8 Å². The number of rotatable bonds is 5. The third-order valence-electron chi connectivity index (χ3n) is 5.44. The summed E-state index contributed by atoms with van der Waals surface area (Å²) in [4.78, 5) is 20.5. The van der Waals surface area contributed by atoms with E-state index in [0.29, 0.717) is 18.5 Å². The number of amides is 2.